The van der Waals surface area contributed by atoms with Crippen LogP contribution in [-0.4, -0.2) is 18.4 Å². The van der Waals surface area contributed by atoms with Crippen molar-refractivity contribution in [2.75, 3.05) is 12.4 Å². The Bertz CT molecular complexity index is 152. The van der Waals surface area contributed by atoms with Gasteiger partial charge in [-0.25, -0.2) is 4.79 Å². The maximum Gasteiger partial charge on any atom is 0.330 e. The maximum atomic E-state index is 10.7. The summed E-state index contributed by atoms with van der Waals surface area (Å²) in [7, 11) is 1.39. The molecule has 0 atom stereocenters. The molecule has 2 nitrogen and oxygen atoms in total. The third-order valence-electron chi connectivity index (χ3n) is 1.27. The van der Waals surface area contributed by atoms with Crippen molar-refractivity contribution in [2.24, 2.45) is 0 Å². The lowest BCUT2D eigenvalue weighted by Crippen LogP contribution is -1.95. The molecule has 11 heavy (non-hydrogen) atoms. The second-order valence-corrected chi connectivity index (χ2v) is 3.10. The molecule has 0 aliphatic carbocycles. The minimum atomic E-state index is -0.267. The molecule has 0 rings (SSSR count). The zero-order valence-electron chi connectivity index (χ0n) is 6.89. The Kier molecular flexibility index (Phi) is 6.22. The molecular formula is C8H13BrO2. The van der Waals surface area contributed by atoms with Crippen molar-refractivity contribution in [3.05, 3.63) is 11.6 Å². The van der Waals surface area contributed by atoms with Gasteiger partial charge in [-0.1, -0.05) is 21.5 Å². The standard InChI is InChI=1S/C8H13BrO2/c1-7(4-3-5-9)6-8(10)11-2/h6H,3-5H2,1-2H3/b7-6+. The summed E-state index contributed by atoms with van der Waals surface area (Å²) >= 11 is 3.32. The molecule has 0 aromatic heterocycles. The summed E-state index contributed by atoms with van der Waals surface area (Å²) in [5.41, 5.74) is 1.07. The first kappa shape index (κ1) is 10.7. The van der Waals surface area contributed by atoms with Crippen LogP contribution < -0.4 is 0 Å². The molecule has 0 radical (unpaired) electrons. The van der Waals surface area contributed by atoms with Crippen LogP contribution in [0.25, 0.3) is 0 Å². The van der Waals surface area contributed by atoms with Crippen LogP contribution in [0.1, 0.15) is 19.8 Å². The zero-order valence-corrected chi connectivity index (χ0v) is 8.48. The Morgan fingerprint density at radius 1 is 1.64 bits per heavy atom. The molecule has 0 aliphatic rings. The highest BCUT2D eigenvalue weighted by molar-refractivity contribution is 9.09. The van der Waals surface area contributed by atoms with Crippen molar-refractivity contribution in [1.82, 2.24) is 0 Å². The van der Waals surface area contributed by atoms with Crippen LogP contribution in [0.2, 0.25) is 0 Å². The number of allylic oxidation sites excluding steroid dienone is 1. The van der Waals surface area contributed by atoms with Gasteiger partial charge < -0.3 is 4.74 Å². The summed E-state index contributed by atoms with van der Waals surface area (Å²) in [4.78, 5) is 10.7. The van der Waals surface area contributed by atoms with Crippen LogP contribution in [0.15, 0.2) is 11.6 Å². The number of rotatable bonds is 4. The van der Waals surface area contributed by atoms with Crippen LogP contribution in [0.4, 0.5) is 0 Å². The monoisotopic (exact) mass is 220 g/mol. The first-order valence-corrected chi connectivity index (χ1v) is 4.64. The quantitative estimate of drug-likeness (QED) is 0.413. The normalized spacial score (nSPS) is 11.4. The van der Waals surface area contributed by atoms with Gasteiger partial charge in [0.15, 0.2) is 0 Å². The average Bonchev–Trinajstić information content (AvgIpc) is 2.00. The minimum Gasteiger partial charge on any atom is -0.466 e. The molecule has 0 aliphatic heterocycles. The summed E-state index contributed by atoms with van der Waals surface area (Å²) in [6, 6.07) is 0. The lowest BCUT2D eigenvalue weighted by molar-refractivity contribution is -0.134. The van der Waals surface area contributed by atoms with Crippen molar-refractivity contribution in [3.8, 4) is 0 Å². The fourth-order valence-corrected chi connectivity index (χ4v) is 0.958. The van der Waals surface area contributed by atoms with Crippen LogP contribution in [-0.2, 0) is 9.53 Å². The molecule has 0 bridgehead atoms. The molecule has 3 heteroatoms. The molecule has 0 heterocycles. The summed E-state index contributed by atoms with van der Waals surface area (Å²) in [5, 5.41) is 0.972. The largest absolute Gasteiger partial charge is 0.466 e. The van der Waals surface area contributed by atoms with E-state index in [-0.39, 0.29) is 5.97 Å². The lowest BCUT2D eigenvalue weighted by atomic mass is 10.2. The molecule has 0 aromatic rings. The van der Waals surface area contributed by atoms with Gasteiger partial charge in [0.05, 0.1) is 7.11 Å². The first-order chi connectivity index (χ1) is 5.20. The summed E-state index contributed by atoms with van der Waals surface area (Å²) in [5.74, 6) is -0.267. The highest BCUT2D eigenvalue weighted by Crippen LogP contribution is 2.05. The van der Waals surface area contributed by atoms with Gasteiger partial charge in [-0.3, -0.25) is 0 Å². The fourth-order valence-electron chi connectivity index (χ4n) is 0.678. The molecule has 0 amide bonds. The number of halogens is 1. The Balaban J connectivity index is 3.70. The molecule has 0 saturated heterocycles. The number of carbonyl (C=O) groups excluding carboxylic acids is 1. The van der Waals surface area contributed by atoms with Crippen LogP contribution >= 0.6 is 15.9 Å². The van der Waals surface area contributed by atoms with Gasteiger partial charge in [0.25, 0.3) is 0 Å². The van der Waals surface area contributed by atoms with Gasteiger partial charge in [0, 0.05) is 11.4 Å². The fraction of sp³-hybridized carbons (Fsp3) is 0.625. The van der Waals surface area contributed by atoms with Gasteiger partial charge in [0.1, 0.15) is 0 Å². The van der Waals surface area contributed by atoms with Crippen molar-refractivity contribution in [3.63, 3.8) is 0 Å². The van der Waals surface area contributed by atoms with E-state index in [1.807, 2.05) is 6.92 Å². The van der Waals surface area contributed by atoms with Gasteiger partial charge in [-0.05, 0) is 19.8 Å². The van der Waals surface area contributed by atoms with Gasteiger partial charge >= 0.3 is 5.97 Å². The highest BCUT2D eigenvalue weighted by atomic mass is 79.9. The van der Waals surface area contributed by atoms with Gasteiger partial charge in [-0.2, -0.15) is 0 Å². The number of esters is 1. The van der Waals surface area contributed by atoms with E-state index in [2.05, 4.69) is 20.7 Å². The molecule has 0 fully saturated rings. The summed E-state index contributed by atoms with van der Waals surface area (Å²) in [6.45, 7) is 1.93. The average molecular weight is 221 g/mol. The Hall–Kier alpha value is -0.310. The predicted molar refractivity (Wildman–Crippen MR) is 48.8 cm³/mol. The van der Waals surface area contributed by atoms with Crippen molar-refractivity contribution >= 4 is 21.9 Å². The summed E-state index contributed by atoms with van der Waals surface area (Å²) < 4.78 is 4.47. The molecule has 0 unspecified atom stereocenters. The minimum absolute atomic E-state index is 0.267. The van der Waals surface area contributed by atoms with Crippen LogP contribution in [0.5, 0.6) is 0 Å². The molecule has 0 N–H and O–H groups in total. The van der Waals surface area contributed by atoms with E-state index in [9.17, 15) is 4.79 Å². The topological polar surface area (TPSA) is 26.3 Å². The van der Waals surface area contributed by atoms with Gasteiger partial charge in [0.2, 0.25) is 0 Å². The van der Waals surface area contributed by atoms with E-state index < -0.39 is 0 Å². The van der Waals surface area contributed by atoms with E-state index in [0.717, 1.165) is 23.7 Å². The number of carbonyl (C=O) groups is 1. The molecule has 64 valence electrons. The molecule has 0 saturated carbocycles. The molecular weight excluding hydrogens is 208 g/mol. The van der Waals surface area contributed by atoms with Crippen LogP contribution in [0, 0.1) is 0 Å². The summed E-state index contributed by atoms with van der Waals surface area (Å²) in [6.07, 6.45) is 3.53. The predicted octanol–water partition coefficient (Wildman–Crippen LogP) is 2.28. The molecule has 0 spiro atoms. The van der Waals surface area contributed by atoms with Crippen molar-refractivity contribution in [2.45, 2.75) is 19.8 Å². The maximum absolute atomic E-state index is 10.7. The highest BCUT2D eigenvalue weighted by Gasteiger charge is 1.95. The van der Waals surface area contributed by atoms with E-state index in [4.69, 9.17) is 0 Å². The third-order valence-corrected chi connectivity index (χ3v) is 1.83. The lowest BCUT2D eigenvalue weighted by Gasteiger charge is -1.97. The Labute approximate surface area is 75.7 Å². The van der Waals surface area contributed by atoms with E-state index in [1.165, 1.54) is 13.2 Å². The number of hydrogen-bond donors (Lipinski definition) is 0. The zero-order chi connectivity index (χ0) is 8.69. The first-order valence-electron chi connectivity index (χ1n) is 3.51. The van der Waals surface area contributed by atoms with Crippen molar-refractivity contribution < 1.29 is 9.53 Å². The second-order valence-electron chi connectivity index (χ2n) is 2.31. The van der Waals surface area contributed by atoms with Gasteiger partial charge in [-0.15, -0.1) is 0 Å². The van der Waals surface area contributed by atoms with Crippen molar-refractivity contribution in [1.29, 1.82) is 0 Å². The number of hydrogen-bond acceptors (Lipinski definition) is 2. The van der Waals surface area contributed by atoms with E-state index in [1.54, 1.807) is 0 Å². The smallest absolute Gasteiger partial charge is 0.330 e. The number of methoxy groups -OCH3 is 1. The Morgan fingerprint density at radius 2 is 2.27 bits per heavy atom. The molecule has 0 aromatic carbocycles. The number of ether oxygens (including phenoxy) is 1. The van der Waals surface area contributed by atoms with E-state index in [0.29, 0.717) is 0 Å². The Morgan fingerprint density at radius 3 is 2.73 bits per heavy atom. The SMILES string of the molecule is COC(=O)/C=C(\C)CCCBr. The van der Waals surface area contributed by atoms with Crippen LogP contribution in [0.3, 0.4) is 0 Å². The number of alkyl halides is 1. The van der Waals surface area contributed by atoms with E-state index >= 15 is 0 Å². The second kappa shape index (κ2) is 6.40. The third kappa shape index (κ3) is 6.10.